The summed E-state index contributed by atoms with van der Waals surface area (Å²) in [5.74, 6) is 1.35. The lowest BCUT2D eigenvalue weighted by Gasteiger charge is -2.15. The fourth-order valence-electron chi connectivity index (χ4n) is 2.42. The first-order valence-corrected chi connectivity index (χ1v) is 9.06. The van der Waals surface area contributed by atoms with Crippen LogP contribution in [0.2, 0.25) is 5.02 Å². The summed E-state index contributed by atoms with van der Waals surface area (Å²) in [5, 5.41) is 7.44. The number of pyridine rings is 1. The van der Waals surface area contributed by atoms with Crippen LogP contribution >= 0.6 is 11.6 Å². The second-order valence-electron chi connectivity index (χ2n) is 6.10. The van der Waals surface area contributed by atoms with Gasteiger partial charge >= 0.3 is 0 Å². The Balaban J connectivity index is 1.88. The van der Waals surface area contributed by atoms with E-state index in [9.17, 15) is 0 Å². The third-order valence-corrected chi connectivity index (χ3v) is 4.48. The van der Waals surface area contributed by atoms with Gasteiger partial charge in [0.1, 0.15) is 5.82 Å². The largest absolute Gasteiger partial charge is 0.366 e. The smallest absolute Gasteiger partial charge is 0.225 e. The Morgan fingerprint density at radius 2 is 1.85 bits per heavy atom. The Kier molecular flexibility index (Phi) is 6.02. The molecular weight excluding hydrogens is 346 g/mol. The van der Waals surface area contributed by atoms with Crippen LogP contribution in [0.3, 0.4) is 0 Å². The number of nitrogens with one attached hydrogen (secondary N) is 2. The minimum atomic E-state index is 0.291. The first kappa shape index (κ1) is 18.1. The van der Waals surface area contributed by atoms with Gasteiger partial charge < -0.3 is 10.6 Å². The highest BCUT2D eigenvalue weighted by molar-refractivity contribution is 6.31. The van der Waals surface area contributed by atoms with E-state index in [0.717, 1.165) is 34.1 Å². The van der Waals surface area contributed by atoms with Crippen molar-refractivity contribution in [3.05, 3.63) is 65.4 Å². The first-order valence-electron chi connectivity index (χ1n) is 8.69. The predicted molar refractivity (Wildman–Crippen MR) is 107 cm³/mol. The molecule has 1 aromatic carbocycles. The Morgan fingerprint density at radius 1 is 1.08 bits per heavy atom. The van der Waals surface area contributed by atoms with Gasteiger partial charge in [0.05, 0.1) is 5.69 Å². The van der Waals surface area contributed by atoms with Crippen LogP contribution in [0.15, 0.2) is 54.9 Å². The lowest BCUT2D eigenvalue weighted by molar-refractivity contribution is 0.753. The fourth-order valence-corrected chi connectivity index (χ4v) is 2.63. The fraction of sp³-hybridized carbons (Fsp3) is 0.250. The Morgan fingerprint density at radius 3 is 2.58 bits per heavy atom. The Labute approximate surface area is 158 Å². The third-order valence-electron chi connectivity index (χ3n) is 4.11. The van der Waals surface area contributed by atoms with Gasteiger partial charge in [0.15, 0.2) is 0 Å². The average molecular weight is 368 g/mol. The van der Waals surface area contributed by atoms with Crippen molar-refractivity contribution in [2.75, 3.05) is 10.6 Å². The second-order valence-corrected chi connectivity index (χ2v) is 6.50. The predicted octanol–water partition coefficient (Wildman–Crippen LogP) is 5.01. The third kappa shape index (κ3) is 4.70. The quantitative estimate of drug-likeness (QED) is 0.614. The van der Waals surface area contributed by atoms with Crippen molar-refractivity contribution < 1.29 is 0 Å². The molecule has 0 unspecified atom stereocenters. The molecule has 0 radical (unpaired) electrons. The SMILES string of the molecule is CC[C@@H](C)Nc1nc(NCc2ccccc2Cl)cc(-c2ccncc2)n1. The molecule has 0 saturated heterocycles. The zero-order chi connectivity index (χ0) is 18.4. The maximum atomic E-state index is 6.24. The molecule has 0 aliphatic heterocycles. The van der Waals surface area contributed by atoms with Gasteiger partial charge in [-0.1, -0.05) is 36.7 Å². The van der Waals surface area contributed by atoms with Gasteiger partial charge in [0.2, 0.25) is 5.95 Å². The molecule has 134 valence electrons. The summed E-state index contributed by atoms with van der Waals surface area (Å²) in [6.07, 6.45) is 4.51. The van der Waals surface area contributed by atoms with Crippen molar-refractivity contribution in [3.8, 4) is 11.3 Å². The van der Waals surface area contributed by atoms with Gasteiger partial charge in [-0.15, -0.1) is 0 Å². The van der Waals surface area contributed by atoms with Crippen LogP contribution in [0.5, 0.6) is 0 Å². The van der Waals surface area contributed by atoms with Crippen LogP contribution in [0.25, 0.3) is 11.3 Å². The molecule has 2 N–H and O–H groups in total. The standard InChI is InChI=1S/C20H22ClN5/c1-3-14(2)24-20-25-18(15-8-10-22-11-9-15)12-19(26-20)23-13-16-6-4-5-7-17(16)21/h4-12,14H,3,13H2,1-2H3,(H2,23,24,25,26)/t14-/m1/s1. The molecule has 2 heterocycles. The Bertz CT molecular complexity index is 854. The van der Waals surface area contributed by atoms with E-state index in [2.05, 4.69) is 39.4 Å². The monoisotopic (exact) mass is 367 g/mol. The first-order chi connectivity index (χ1) is 12.7. The number of anilines is 2. The number of hydrogen-bond acceptors (Lipinski definition) is 5. The van der Waals surface area contributed by atoms with Crippen molar-refractivity contribution in [2.24, 2.45) is 0 Å². The normalized spacial score (nSPS) is 11.8. The van der Waals surface area contributed by atoms with Crippen LogP contribution < -0.4 is 10.6 Å². The molecule has 1 atom stereocenters. The summed E-state index contributed by atoms with van der Waals surface area (Å²) < 4.78 is 0. The van der Waals surface area contributed by atoms with Gasteiger partial charge in [-0.05, 0) is 37.1 Å². The minimum Gasteiger partial charge on any atom is -0.366 e. The van der Waals surface area contributed by atoms with Crippen molar-refractivity contribution in [1.82, 2.24) is 15.0 Å². The highest BCUT2D eigenvalue weighted by Crippen LogP contribution is 2.22. The van der Waals surface area contributed by atoms with Gasteiger partial charge in [-0.2, -0.15) is 4.98 Å². The van der Waals surface area contributed by atoms with E-state index in [0.29, 0.717) is 18.5 Å². The van der Waals surface area contributed by atoms with E-state index >= 15 is 0 Å². The molecule has 2 aromatic heterocycles. The molecule has 0 amide bonds. The number of hydrogen-bond donors (Lipinski definition) is 2. The molecular formula is C20H22ClN5. The molecule has 3 aromatic rings. The van der Waals surface area contributed by atoms with Gasteiger partial charge in [-0.25, -0.2) is 4.98 Å². The zero-order valence-electron chi connectivity index (χ0n) is 14.9. The van der Waals surface area contributed by atoms with Crippen LogP contribution in [0, 0.1) is 0 Å². The van der Waals surface area contributed by atoms with E-state index in [4.69, 9.17) is 11.6 Å². The van der Waals surface area contributed by atoms with E-state index in [1.165, 1.54) is 0 Å². The van der Waals surface area contributed by atoms with Gasteiger partial charge in [-0.3, -0.25) is 4.98 Å². The van der Waals surface area contributed by atoms with E-state index < -0.39 is 0 Å². The van der Waals surface area contributed by atoms with Gasteiger partial charge in [0, 0.05) is 41.6 Å². The molecule has 0 aliphatic rings. The molecule has 0 aliphatic carbocycles. The van der Waals surface area contributed by atoms with E-state index in [-0.39, 0.29) is 0 Å². The number of aromatic nitrogens is 3. The summed E-state index contributed by atoms with van der Waals surface area (Å²) in [6, 6.07) is 13.9. The lowest BCUT2D eigenvalue weighted by Crippen LogP contribution is -2.16. The number of rotatable bonds is 7. The van der Waals surface area contributed by atoms with Crippen molar-refractivity contribution in [3.63, 3.8) is 0 Å². The van der Waals surface area contributed by atoms with Crippen molar-refractivity contribution in [2.45, 2.75) is 32.9 Å². The zero-order valence-corrected chi connectivity index (χ0v) is 15.7. The molecule has 0 saturated carbocycles. The lowest BCUT2D eigenvalue weighted by atomic mass is 10.2. The van der Waals surface area contributed by atoms with E-state index in [1.807, 2.05) is 42.5 Å². The highest BCUT2D eigenvalue weighted by atomic mass is 35.5. The van der Waals surface area contributed by atoms with Crippen LogP contribution in [-0.4, -0.2) is 21.0 Å². The summed E-state index contributed by atoms with van der Waals surface area (Å²) >= 11 is 6.24. The topological polar surface area (TPSA) is 62.7 Å². The second kappa shape index (κ2) is 8.63. The highest BCUT2D eigenvalue weighted by Gasteiger charge is 2.09. The molecule has 6 heteroatoms. The summed E-state index contributed by atoms with van der Waals surface area (Å²) in [5.41, 5.74) is 2.86. The summed E-state index contributed by atoms with van der Waals surface area (Å²) in [4.78, 5) is 13.3. The van der Waals surface area contributed by atoms with E-state index in [1.54, 1.807) is 12.4 Å². The number of benzene rings is 1. The van der Waals surface area contributed by atoms with Crippen LogP contribution in [-0.2, 0) is 6.54 Å². The molecule has 0 spiro atoms. The van der Waals surface area contributed by atoms with Crippen molar-refractivity contribution >= 4 is 23.4 Å². The Hall–Kier alpha value is -2.66. The molecule has 0 bridgehead atoms. The molecule has 26 heavy (non-hydrogen) atoms. The minimum absolute atomic E-state index is 0.291. The summed E-state index contributed by atoms with van der Waals surface area (Å²) in [6.45, 7) is 4.83. The average Bonchev–Trinajstić information content (AvgIpc) is 2.68. The molecule has 3 rings (SSSR count). The number of halogens is 1. The van der Waals surface area contributed by atoms with Crippen LogP contribution in [0.4, 0.5) is 11.8 Å². The van der Waals surface area contributed by atoms with Crippen LogP contribution in [0.1, 0.15) is 25.8 Å². The maximum Gasteiger partial charge on any atom is 0.225 e. The maximum absolute atomic E-state index is 6.24. The summed E-state index contributed by atoms with van der Waals surface area (Å²) in [7, 11) is 0. The number of nitrogens with zero attached hydrogens (tertiary/aromatic N) is 3. The van der Waals surface area contributed by atoms with Crippen molar-refractivity contribution in [1.29, 1.82) is 0 Å². The van der Waals surface area contributed by atoms with Gasteiger partial charge in [0.25, 0.3) is 0 Å². The molecule has 5 nitrogen and oxygen atoms in total. The molecule has 0 fully saturated rings.